The molecule has 6 nitrogen and oxygen atoms in total. The van der Waals surface area contributed by atoms with Crippen LogP contribution in [0.25, 0.3) is 0 Å². The molecule has 156 valence electrons. The normalized spacial score (nSPS) is 11.2. The highest BCUT2D eigenvalue weighted by Gasteiger charge is 2.18. The Kier molecular flexibility index (Phi) is 6.81. The van der Waals surface area contributed by atoms with Gasteiger partial charge in [-0.15, -0.1) is 0 Å². The highest BCUT2D eigenvalue weighted by molar-refractivity contribution is 7.89. The summed E-state index contributed by atoms with van der Waals surface area (Å²) in [6, 6.07) is 19.8. The minimum Gasteiger partial charge on any atom is -0.489 e. The molecule has 0 radical (unpaired) electrons. The minimum absolute atomic E-state index is 0.106. The molecule has 3 aromatic carbocycles. The Bertz CT molecular complexity index is 1120. The zero-order chi connectivity index (χ0) is 21.6. The van der Waals surface area contributed by atoms with E-state index in [4.69, 9.17) is 9.84 Å². The molecule has 3 aromatic rings. The SMILES string of the molecule is O=C(O)c1ccc(S(=O)(=O)NCCc2ccc(OCc3ccccc3)cc2)cc1F. The first-order chi connectivity index (χ1) is 14.3. The molecule has 0 bridgehead atoms. The fraction of sp³-hybridized carbons (Fsp3) is 0.136. The predicted molar refractivity (Wildman–Crippen MR) is 109 cm³/mol. The van der Waals surface area contributed by atoms with Crippen molar-refractivity contribution < 1.29 is 27.4 Å². The molecular weight excluding hydrogens is 409 g/mol. The van der Waals surface area contributed by atoms with Gasteiger partial charge in [-0.25, -0.2) is 22.3 Å². The molecule has 0 amide bonds. The molecule has 0 atom stereocenters. The Balaban J connectivity index is 1.53. The van der Waals surface area contributed by atoms with Crippen LogP contribution in [-0.2, 0) is 23.1 Å². The Morgan fingerprint density at radius 2 is 1.67 bits per heavy atom. The molecule has 8 heteroatoms. The van der Waals surface area contributed by atoms with Gasteiger partial charge in [0, 0.05) is 6.54 Å². The first kappa shape index (κ1) is 21.5. The average Bonchev–Trinajstić information content (AvgIpc) is 2.73. The van der Waals surface area contributed by atoms with Gasteiger partial charge in [0.25, 0.3) is 0 Å². The second kappa shape index (κ2) is 9.51. The van der Waals surface area contributed by atoms with Crippen molar-refractivity contribution in [3.63, 3.8) is 0 Å². The minimum atomic E-state index is -3.95. The van der Waals surface area contributed by atoms with Crippen molar-refractivity contribution in [2.75, 3.05) is 6.54 Å². The lowest BCUT2D eigenvalue weighted by Crippen LogP contribution is -2.26. The number of carboxylic acid groups (broad SMARTS) is 1. The van der Waals surface area contributed by atoms with Crippen LogP contribution < -0.4 is 9.46 Å². The topological polar surface area (TPSA) is 92.7 Å². The quantitative estimate of drug-likeness (QED) is 0.542. The molecule has 0 aliphatic heterocycles. The third-order valence-electron chi connectivity index (χ3n) is 4.36. The molecule has 2 N–H and O–H groups in total. The average molecular weight is 429 g/mol. The summed E-state index contributed by atoms with van der Waals surface area (Å²) >= 11 is 0. The van der Waals surface area contributed by atoms with Crippen LogP contribution in [0.5, 0.6) is 5.75 Å². The number of hydrogen-bond acceptors (Lipinski definition) is 4. The van der Waals surface area contributed by atoms with Gasteiger partial charge < -0.3 is 9.84 Å². The maximum absolute atomic E-state index is 13.7. The van der Waals surface area contributed by atoms with Crippen LogP contribution in [0.15, 0.2) is 77.7 Å². The van der Waals surface area contributed by atoms with E-state index < -0.39 is 27.4 Å². The van der Waals surface area contributed by atoms with E-state index in [9.17, 15) is 17.6 Å². The number of halogens is 1. The summed E-state index contributed by atoms with van der Waals surface area (Å²) in [7, 11) is -3.95. The van der Waals surface area contributed by atoms with Crippen molar-refractivity contribution in [3.8, 4) is 5.75 Å². The summed E-state index contributed by atoms with van der Waals surface area (Å²) in [4.78, 5) is 10.5. The van der Waals surface area contributed by atoms with Crippen molar-refractivity contribution in [1.29, 1.82) is 0 Å². The summed E-state index contributed by atoms with van der Waals surface area (Å²) in [6.45, 7) is 0.562. The summed E-state index contributed by atoms with van der Waals surface area (Å²) in [6.07, 6.45) is 0.424. The molecule has 0 spiro atoms. The van der Waals surface area contributed by atoms with Gasteiger partial charge in [-0.1, -0.05) is 42.5 Å². The Morgan fingerprint density at radius 1 is 0.967 bits per heavy atom. The van der Waals surface area contributed by atoms with Crippen LogP contribution >= 0.6 is 0 Å². The number of rotatable bonds is 9. The van der Waals surface area contributed by atoms with E-state index in [-0.39, 0.29) is 11.4 Å². The van der Waals surface area contributed by atoms with Gasteiger partial charge in [-0.05, 0) is 47.9 Å². The van der Waals surface area contributed by atoms with E-state index in [1.165, 1.54) is 0 Å². The van der Waals surface area contributed by atoms with Crippen LogP contribution in [0.3, 0.4) is 0 Å². The molecule has 0 aliphatic carbocycles. The van der Waals surface area contributed by atoms with Gasteiger partial charge >= 0.3 is 5.97 Å². The number of ether oxygens (including phenoxy) is 1. The van der Waals surface area contributed by atoms with E-state index in [1.54, 1.807) is 0 Å². The number of hydrogen-bond donors (Lipinski definition) is 2. The Morgan fingerprint density at radius 3 is 2.30 bits per heavy atom. The molecule has 0 heterocycles. The van der Waals surface area contributed by atoms with Gasteiger partial charge in [-0.3, -0.25) is 0 Å². The summed E-state index contributed by atoms with van der Waals surface area (Å²) in [5, 5.41) is 8.82. The number of sulfonamides is 1. The van der Waals surface area contributed by atoms with Crippen LogP contribution in [0.4, 0.5) is 4.39 Å². The summed E-state index contributed by atoms with van der Waals surface area (Å²) in [5.41, 5.74) is 1.38. The molecule has 0 fully saturated rings. The van der Waals surface area contributed by atoms with E-state index in [0.29, 0.717) is 24.8 Å². The number of aromatic carboxylic acids is 1. The van der Waals surface area contributed by atoms with Crippen molar-refractivity contribution in [2.45, 2.75) is 17.9 Å². The highest BCUT2D eigenvalue weighted by atomic mass is 32.2. The largest absolute Gasteiger partial charge is 0.489 e. The molecule has 3 rings (SSSR count). The van der Waals surface area contributed by atoms with Crippen molar-refractivity contribution >= 4 is 16.0 Å². The van der Waals surface area contributed by atoms with Crippen LogP contribution in [0.1, 0.15) is 21.5 Å². The predicted octanol–water partition coefficient (Wildman–Crippen LogP) is 3.62. The van der Waals surface area contributed by atoms with Crippen molar-refractivity contribution in [2.24, 2.45) is 0 Å². The fourth-order valence-corrected chi connectivity index (χ4v) is 3.79. The van der Waals surface area contributed by atoms with Gasteiger partial charge in [0.15, 0.2) is 0 Å². The molecule has 30 heavy (non-hydrogen) atoms. The van der Waals surface area contributed by atoms with Crippen molar-refractivity contribution in [3.05, 3.63) is 95.3 Å². The fourth-order valence-electron chi connectivity index (χ4n) is 2.74. The molecule has 0 saturated carbocycles. The second-order valence-corrected chi connectivity index (χ2v) is 8.28. The number of carbonyl (C=O) groups is 1. The number of nitrogens with one attached hydrogen (secondary N) is 1. The molecule has 0 saturated heterocycles. The first-order valence-electron chi connectivity index (χ1n) is 9.13. The van der Waals surface area contributed by atoms with Crippen LogP contribution in [0.2, 0.25) is 0 Å². The lowest BCUT2D eigenvalue weighted by atomic mass is 10.1. The molecule has 0 aromatic heterocycles. The van der Waals surface area contributed by atoms with Gasteiger partial charge in [0.1, 0.15) is 18.2 Å². The van der Waals surface area contributed by atoms with E-state index in [1.807, 2.05) is 54.6 Å². The lowest BCUT2D eigenvalue weighted by Gasteiger charge is -2.09. The monoisotopic (exact) mass is 429 g/mol. The molecule has 0 unspecified atom stereocenters. The standard InChI is InChI=1S/C22H20FNO5S/c23-21-14-19(10-11-20(21)22(25)26)30(27,28)24-13-12-16-6-8-18(9-7-16)29-15-17-4-2-1-3-5-17/h1-11,14,24H,12-13,15H2,(H,25,26). The zero-order valence-corrected chi connectivity index (χ0v) is 16.7. The maximum atomic E-state index is 13.7. The maximum Gasteiger partial charge on any atom is 0.338 e. The third kappa shape index (κ3) is 5.65. The third-order valence-corrected chi connectivity index (χ3v) is 5.82. The number of carboxylic acids is 1. The van der Waals surface area contributed by atoms with E-state index in [0.717, 1.165) is 23.3 Å². The van der Waals surface area contributed by atoms with Gasteiger partial charge in [-0.2, -0.15) is 0 Å². The summed E-state index contributed by atoms with van der Waals surface area (Å²) in [5.74, 6) is -1.85. The van der Waals surface area contributed by atoms with Gasteiger partial charge in [0.2, 0.25) is 10.0 Å². The highest BCUT2D eigenvalue weighted by Crippen LogP contribution is 2.16. The zero-order valence-electron chi connectivity index (χ0n) is 15.9. The summed E-state index contributed by atoms with van der Waals surface area (Å²) < 4.78 is 46.4. The number of benzene rings is 3. The van der Waals surface area contributed by atoms with Crippen LogP contribution in [0, 0.1) is 5.82 Å². The lowest BCUT2D eigenvalue weighted by molar-refractivity contribution is 0.0691. The molecular formula is C22H20FNO5S. The first-order valence-corrected chi connectivity index (χ1v) is 10.6. The Labute approximate surface area is 174 Å². The Hall–Kier alpha value is -3.23. The van der Waals surface area contributed by atoms with Crippen LogP contribution in [-0.4, -0.2) is 26.0 Å². The van der Waals surface area contributed by atoms with Gasteiger partial charge in [0.05, 0.1) is 10.5 Å². The smallest absolute Gasteiger partial charge is 0.338 e. The van der Waals surface area contributed by atoms with E-state index >= 15 is 0 Å². The molecule has 0 aliphatic rings. The van der Waals surface area contributed by atoms with E-state index in [2.05, 4.69) is 4.72 Å². The second-order valence-electron chi connectivity index (χ2n) is 6.51. The van der Waals surface area contributed by atoms with Crippen molar-refractivity contribution in [1.82, 2.24) is 4.72 Å².